The molecule has 1 saturated heterocycles. The van der Waals surface area contributed by atoms with Gasteiger partial charge in [-0.15, -0.1) is 0 Å². The fourth-order valence-electron chi connectivity index (χ4n) is 3.37. The third-order valence-electron chi connectivity index (χ3n) is 4.81. The van der Waals surface area contributed by atoms with E-state index < -0.39 is 0 Å². The first-order valence-corrected chi connectivity index (χ1v) is 10.0. The zero-order valence-electron chi connectivity index (χ0n) is 15.6. The SMILES string of the molecule is O=C(CN1CCN(c2cccc(Cl)c2)CC1)Nc1cc(Cl)ccc1-n1cncn1. The lowest BCUT2D eigenvalue weighted by Gasteiger charge is -2.35. The van der Waals surface area contributed by atoms with Crippen LogP contribution in [0.15, 0.2) is 55.1 Å². The second kappa shape index (κ2) is 8.82. The van der Waals surface area contributed by atoms with Crippen LogP contribution in [0.25, 0.3) is 5.69 Å². The summed E-state index contributed by atoms with van der Waals surface area (Å²) < 4.78 is 1.59. The van der Waals surface area contributed by atoms with Crippen molar-refractivity contribution in [3.63, 3.8) is 0 Å². The van der Waals surface area contributed by atoms with E-state index in [0.717, 1.165) is 36.9 Å². The van der Waals surface area contributed by atoms with E-state index in [4.69, 9.17) is 23.2 Å². The van der Waals surface area contributed by atoms with Crippen molar-refractivity contribution in [3.8, 4) is 5.69 Å². The number of halogens is 2. The number of nitrogens with zero attached hydrogens (tertiary/aromatic N) is 5. The lowest BCUT2D eigenvalue weighted by molar-refractivity contribution is -0.117. The van der Waals surface area contributed by atoms with Crippen LogP contribution in [0.5, 0.6) is 0 Å². The Kier molecular flexibility index (Phi) is 5.99. The van der Waals surface area contributed by atoms with E-state index in [1.54, 1.807) is 29.2 Å². The lowest BCUT2D eigenvalue weighted by atomic mass is 10.2. The van der Waals surface area contributed by atoms with Crippen LogP contribution in [0, 0.1) is 0 Å². The van der Waals surface area contributed by atoms with Crippen molar-refractivity contribution in [3.05, 3.63) is 65.2 Å². The van der Waals surface area contributed by atoms with Crippen LogP contribution in [0.4, 0.5) is 11.4 Å². The molecule has 2 aromatic carbocycles. The summed E-state index contributed by atoms with van der Waals surface area (Å²) in [5.41, 5.74) is 2.43. The molecule has 3 aromatic rings. The number of rotatable bonds is 5. The van der Waals surface area contributed by atoms with Crippen LogP contribution in [-0.2, 0) is 4.79 Å². The van der Waals surface area contributed by atoms with Gasteiger partial charge in [0.25, 0.3) is 0 Å². The van der Waals surface area contributed by atoms with Gasteiger partial charge in [-0.3, -0.25) is 9.69 Å². The number of hydrogen-bond acceptors (Lipinski definition) is 5. The molecule has 7 nitrogen and oxygen atoms in total. The van der Waals surface area contributed by atoms with Gasteiger partial charge in [-0.2, -0.15) is 5.10 Å². The zero-order chi connectivity index (χ0) is 20.2. The Morgan fingerprint density at radius 3 is 2.55 bits per heavy atom. The molecule has 150 valence electrons. The molecule has 1 amide bonds. The second-order valence-electron chi connectivity index (χ2n) is 6.79. The molecule has 0 aliphatic carbocycles. The highest BCUT2D eigenvalue weighted by Gasteiger charge is 2.20. The fraction of sp³-hybridized carbons (Fsp3) is 0.250. The van der Waals surface area contributed by atoms with Gasteiger partial charge in [-0.25, -0.2) is 9.67 Å². The Labute approximate surface area is 178 Å². The van der Waals surface area contributed by atoms with E-state index in [1.165, 1.54) is 6.33 Å². The van der Waals surface area contributed by atoms with Gasteiger partial charge in [0, 0.05) is 41.9 Å². The van der Waals surface area contributed by atoms with E-state index in [-0.39, 0.29) is 5.91 Å². The molecule has 0 radical (unpaired) electrons. The average Bonchev–Trinajstić information content (AvgIpc) is 3.23. The van der Waals surface area contributed by atoms with Crippen molar-refractivity contribution in [2.45, 2.75) is 0 Å². The summed E-state index contributed by atoms with van der Waals surface area (Å²) in [5.74, 6) is -0.0927. The quantitative estimate of drug-likeness (QED) is 0.672. The Bertz CT molecular complexity index is 986. The molecular formula is C20H20Cl2N6O. The first kappa shape index (κ1) is 19.7. The van der Waals surface area contributed by atoms with Crippen molar-refractivity contribution in [2.24, 2.45) is 0 Å². The standard InChI is InChI=1S/C20H20Cl2N6O/c21-15-2-1-3-17(10-15)27-8-6-26(7-9-27)12-20(29)25-18-11-16(22)4-5-19(18)28-14-23-13-24-28/h1-5,10-11,13-14H,6-9,12H2,(H,25,29). The van der Waals surface area contributed by atoms with Crippen LogP contribution in [0.1, 0.15) is 0 Å². The normalized spacial score (nSPS) is 14.8. The highest BCUT2D eigenvalue weighted by molar-refractivity contribution is 6.31. The summed E-state index contributed by atoms with van der Waals surface area (Å²) in [6, 6.07) is 13.1. The minimum absolute atomic E-state index is 0.0927. The number of hydrogen-bond donors (Lipinski definition) is 1. The number of anilines is 2. The fourth-order valence-corrected chi connectivity index (χ4v) is 3.73. The summed E-state index contributed by atoms with van der Waals surface area (Å²) in [5, 5.41) is 8.35. The van der Waals surface area contributed by atoms with E-state index >= 15 is 0 Å². The molecule has 29 heavy (non-hydrogen) atoms. The molecule has 1 fully saturated rings. The molecule has 1 aliphatic heterocycles. The monoisotopic (exact) mass is 430 g/mol. The van der Waals surface area contributed by atoms with Crippen molar-refractivity contribution < 1.29 is 4.79 Å². The first-order chi connectivity index (χ1) is 14.1. The maximum atomic E-state index is 12.6. The summed E-state index contributed by atoms with van der Waals surface area (Å²) in [7, 11) is 0. The molecule has 0 saturated carbocycles. The van der Waals surface area contributed by atoms with Crippen LogP contribution >= 0.6 is 23.2 Å². The van der Waals surface area contributed by atoms with Crippen LogP contribution in [0.3, 0.4) is 0 Å². The predicted molar refractivity (Wildman–Crippen MR) is 115 cm³/mol. The number of benzene rings is 2. The molecule has 1 N–H and O–H groups in total. The number of carbonyl (C=O) groups excluding carboxylic acids is 1. The molecule has 2 heterocycles. The van der Waals surface area contributed by atoms with Crippen molar-refractivity contribution in [1.29, 1.82) is 0 Å². The number of nitrogens with one attached hydrogen (secondary N) is 1. The van der Waals surface area contributed by atoms with Crippen molar-refractivity contribution in [2.75, 3.05) is 42.9 Å². The van der Waals surface area contributed by atoms with E-state index in [2.05, 4.69) is 31.3 Å². The first-order valence-electron chi connectivity index (χ1n) is 9.26. The average molecular weight is 431 g/mol. The number of piperazine rings is 1. The van der Waals surface area contributed by atoms with Crippen LogP contribution in [-0.4, -0.2) is 58.3 Å². The van der Waals surface area contributed by atoms with Gasteiger partial charge in [0.15, 0.2) is 0 Å². The Balaban J connectivity index is 1.36. The van der Waals surface area contributed by atoms with Gasteiger partial charge < -0.3 is 10.2 Å². The van der Waals surface area contributed by atoms with E-state index in [9.17, 15) is 4.79 Å². The molecule has 0 spiro atoms. The predicted octanol–water partition coefficient (Wildman–Crippen LogP) is 3.33. The highest BCUT2D eigenvalue weighted by atomic mass is 35.5. The van der Waals surface area contributed by atoms with Gasteiger partial charge in [0.05, 0.1) is 17.9 Å². The smallest absolute Gasteiger partial charge is 0.238 e. The molecule has 4 rings (SSSR count). The molecule has 1 aliphatic rings. The van der Waals surface area contributed by atoms with E-state index in [0.29, 0.717) is 22.9 Å². The molecule has 0 atom stereocenters. The third-order valence-corrected chi connectivity index (χ3v) is 5.28. The maximum absolute atomic E-state index is 12.6. The lowest BCUT2D eigenvalue weighted by Crippen LogP contribution is -2.48. The Morgan fingerprint density at radius 2 is 1.83 bits per heavy atom. The second-order valence-corrected chi connectivity index (χ2v) is 7.67. The van der Waals surface area contributed by atoms with Crippen LogP contribution in [0.2, 0.25) is 10.0 Å². The zero-order valence-corrected chi connectivity index (χ0v) is 17.1. The third kappa shape index (κ3) is 4.87. The summed E-state index contributed by atoms with van der Waals surface area (Å²) in [6.07, 6.45) is 3.02. The number of amides is 1. The molecule has 0 unspecified atom stereocenters. The number of aromatic nitrogens is 3. The maximum Gasteiger partial charge on any atom is 0.238 e. The molecule has 0 bridgehead atoms. The van der Waals surface area contributed by atoms with E-state index in [1.807, 2.05) is 18.2 Å². The van der Waals surface area contributed by atoms with Gasteiger partial charge >= 0.3 is 0 Å². The van der Waals surface area contributed by atoms with Crippen LogP contribution < -0.4 is 10.2 Å². The van der Waals surface area contributed by atoms with Crippen molar-refractivity contribution >= 4 is 40.5 Å². The summed E-state index contributed by atoms with van der Waals surface area (Å²) in [6.45, 7) is 3.59. The van der Waals surface area contributed by atoms with Gasteiger partial charge in [-0.05, 0) is 36.4 Å². The highest BCUT2D eigenvalue weighted by Crippen LogP contribution is 2.24. The number of carbonyl (C=O) groups is 1. The Morgan fingerprint density at radius 1 is 1.03 bits per heavy atom. The van der Waals surface area contributed by atoms with Gasteiger partial charge in [0.2, 0.25) is 5.91 Å². The van der Waals surface area contributed by atoms with Gasteiger partial charge in [0.1, 0.15) is 12.7 Å². The molecular weight excluding hydrogens is 411 g/mol. The topological polar surface area (TPSA) is 66.3 Å². The largest absolute Gasteiger partial charge is 0.369 e. The summed E-state index contributed by atoms with van der Waals surface area (Å²) >= 11 is 12.2. The van der Waals surface area contributed by atoms with Crippen molar-refractivity contribution in [1.82, 2.24) is 19.7 Å². The molecule has 1 aromatic heterocycles. The van der Waals surface area contributed by atoms with Gasteiger partial charge in [-0.1, -0.05) is 29.3 Å². The minimum Gasteiger partial charge on any atom is -0.369 e. The minimum atomic E-state index is -0.0927. The summed E-state index contributed by atoms with van der Waals surface area (Å²) in [4.78, 5) is 21.0. The molecule has 9 heteroatoms. The Hall–Kier alpha value is -2.61.